The van der Waals surface area contributed by atoms with E-state index in [9.17, 15) is 0 Å². The molecule has 12 heavy (non-hydrogen) atoms. The second-order valence-electron chi connectivity index (χ2n) is 2.25. The van der Waals surface area contributed by atoms with Gasteiger partial charge in [0.15, 0.2) is 0 Å². The van der Waals surface area contributed by atoms with Crippen LogP contribution < -0.4 is 4.74 Å². The molecule has 1 aliphatic rings. The Kier molecular flexibility index (Phi) is 4.98. The normalized spacial score (nSPS) is 11.7. The Bertz CT molecular complexity index is 273. The van der Waals surface area contributed by atoms with Crippen LogP contribution in [0.4, 0.5) is 0 Å². The van der Waals surface area contributed by atoms with Gasteiger partial charge in [-0.25, -0.2) is 0 Å². The van der Waals surface area contributed by atoms with Gasteiger partial charge in [0.1, 0.15) is 12.4 Å². The fourth-order valence-electron chi connectivity index (χ4n) is 1.06. The zero-order chi connectivity index (χ0) is 6.81. The first-order valence-electron chi connectivity index (χ1n) is 3.35. The molecule has 0 atom stereocenters. The van der Waals surface area contributed by atoms with Crippen LogP contribution in [0.2, 0.25) is 0 Å². The number of rotatable bonds is 0. The van der Waals surface area contributed by atoms with E-state index in [1.165, 1.54) is 5.56 Å². The zero-order valence-corrected chi connectivity index (χ0v) is 8.32. The van der Waals surface area contributed by atoms with Gasteiger partial charge in [0, 0.05) is 33.6 Å². The third kappa shape index (κ3) is 2.24. The Labute approximate surface area is 87.3 Å². The first-order valence-corrected chi connectivity index (χ1v) is 3.35. The molecule has 0 aliphatic carbocycles. The molecule has 65 valence electrons. The maximum absolute atomic E-state index is 5.34. The first-order chi connectivity index (χ1) is 4.97. The molecule has 0 N–H and O–H groups in total. The van der Waals surface area contributed by atoms with E-state index in [4.69, 9.17) is 4.74 Å². The summed E-state index contributed by atoms with van der Waals surface area (Å²) in [6.45, 7) is 0.705. The number of hydrogen-bond donors (Lipinski definition) is 0. The maximum atomic E-state index is 5.34. The van der Waals surface area contributed by atoms with Crippen molar-refractivity contribution in [2.24, 2.45) is 0 Å². The second-order valence-corrected chi connectivity index (χ2v) is 2.25. The fraction of sp³-hybridized carbons (Fsp3) is 0.111. The first kappa shape index (κ1) is 11.5. The van der Waals surface area contributed by atoms with Gasteiger partial charge in [0.05, 0.1) is 0 Å². The van der Waals surface area contributed by atoms with Crippen molar-refractivity contribution >= 4 is 17.0 Å². The Hall–Kier alpha value is -0.504. The minimum absolute atomic E-state index is 0. The van der Waals surface area contributed by atoms with Crippen molar-refractivity contribution in [3.8, 4) is 5.75 Å². The molecule has 0 aromatic heterocycles. The molecule has 0 amide bonds. The van der Waals surface area contributed by atoms with Crippen LogP contribution in [0.15, 0.2) is 30.3 Å². The smallest absolute Gasteiger partial charge is 0.126 e. The van der Waals surface area contributed by atoms with E-state index in [1.807, 2.05) is 30.3 Å². The fourth-order valence-corrected chi connectivity index (χ4v) is 1.06. The van der Waals surface area contributed by atoms with Crippen molar-refractivity contribution in [1.82, 2.24) is 0 Å². The molecule has 0 fully saturated rings. The Morgan fingerprint density at radius 1 is 1.17 bits per heavy atom. The summed E-state index contributed by atoms with van der Waals surface area (Å²) in [7, 11) is 0. The SMILES string of the molecule is C1=Cc2ccccc2OC1.[Cu].[Si]. The molecule has 0 spiro atoms. The minimum atomic E-state index is 0. The monoisotopic (exact) mass is 223 g/mol. The summed E-state index contributed by atoms with van der Waals surface area (Å²) in [6.07, 6.45) is 4.10. The van der Waals surface area contributed by atoms with Crippen molar-refractivity contribution in [3.05, 3.63) is 35.9 Å². The molecule has 1 nitrogen and oxygen atoms in total. The van der Waals surface area contributed by atoms with Crippen LogP contribution in [0.5, 0.6) is 5.75 Å². The van der Waals surface area contributed by atoms with Gasteiger partial charge in [-0.2, -0.15) is 0 Å². The van der Waals surface area contributed by atoms with E-state index in [0.29, 0.717) is 6.61 Å². The van der Waals surface area contributed by atoms with Crippen LogP contribution in [0.3, 0.4) is 0 Å². The van der Waals surface area contributed by atoms with Gasteiger partial charge in [-0.1, -0.05) is 24.3 Å². The van der Waals surface area contributed by atoms with Crippen molar-refractivity contribution in [1.29, 1.82) is 0 Å². The number of para-hydroxylation sites is 1. The van der Waals surface area contributed by atoms with Gasteiger partial charge in [-0.05, 0) is 12.1 Å². The third-order valence-electron chi connectivity index (χ3n) is 1.55. The van der Waals surface area contributed by atoms with Crippen molar-refractivity contribution < 1.29 is 21.8 Å². The van der Waals surface area contributed by atoms with Gasteiger partial charge < -0.3 is 4.74 Å². The second kappa shape index (κ2) is 5.20. The van der Waals surface area contributed by atoms with E-state index >= 15 is 0 Å². The number of fused-ring (bicyclic) bond motifs is 1. The largest absolute Gasteiger partial charge is 0.489 e. The molecule has 1 aromatic carbocycles. The predicted octanol–water partition coefficient (Wildman–Crippen LogP) is 1.71. The van der Waals surface area contributed by atoms with Crippen LogP contribution in [-0.4, -0.2) is 17.6 Å². The van der Waals surface area contributed by atoms with E-state index in [0.717, 1.165) is 5.75 Å². The number of hydrogen-bond acceptors (Lipinski definition) is 1. The maximum Gasteiger partial charge on any atom is 0.126 e. The number of ether oxygens (including phenoxy) is 1. The molecule has 0 saturated heterocycles. The Morgan fingerprint density at radius 2 is 1.92 bits per heavy atom. The summed E-state index contributed by atoms with van der Waals surface area (Å²) in [5.74, 6) is 0.991. The average Bonchev–Trinajstić information content (AvgIpc) is 2.05. The molecule has 3 heteroatoms. The van der Waals surface area contributed by atoms with Crippen LogP contribution in [0, 0.1) is 0 Å². The van der Waals surface area contributed by atoms with Crippen LogP contribution >= 0.6 is 0 Å². The average molecular weight is 224 g/mol. The molecule has 1 heterocycles. The Balaban J connectivity index is 0.000000605. The van der Waals surface area contributed by atoms with Gasteiger partial charge >= 0.3 is 0 Å². The van der Waals surface area contributed by atoms with E-state index in [2.05, 4.69) is 6.08 Å². The zero-order valence-electron chi connectivity index (χ0n) is 6.38. The molecule has 0 saturated carbocycles. The quantitative estimate of drug-likeness (QED) is 0.609. The summed E-state index contributed by atoms with van der Waals surface area (Å²) in [5, 5.41) is 0. The molecule has 0 unspecified atom stereocenters. The van der Waals surface area contributed by atoms with Crippen LogP contribution in [-0.2, 0) is 17.1 Å². The van der Waals surface area contributed by atoms with Crippen LogP contribution in [0.1, 0.15) is 5.56 Å². The van der Waals surface area contributed by atoms with Crippen molar-refractivity contribution in [2.45, 2.75) is 0 Å². The third-order valence-corrected chi connectivity index (χ3v) is 1.55. The van der Waals surface area contributed by atoms with E-state index in [-0.39, 0.29) is 28.0 Å². The van der Waals surface area contributed by atoms with Gasteiger partial charge in [0.2, 0.25) is 0 Å². The van der Waals surface area contributed by atoms with Crippen molar-refractivity contribution in [3.63, 3.8) is 0 Å². The summed E-state index contributed by atoms with van der Waals surface area (Å²) in [5.41, 5.74) is 1.17. The molecule has 1 aliphatic heterocycles. The summed E-state index contributed by atoms with van der Waals surface area (Å²) >= 11 is 0. The van der Waals surface area contributed by atoms with E-state index in [1.54, 1.807) is 0 Å². The van der Waals surface area contributed by atoms with Crippen molar-refractivity contribution in [2.75, 3.05) is 6.61 Å². The molecular formula is C9H8CuOSi. The molecule has 5 radical (unpaired) electrons. The Morgan fingerprint density at radius 3 is 2.67 bits per heavy atom. The molecule has 0 bridgehead atoms. The van der Waals surface area contributed by atoms with Gasteiger partial charge in [-0.15, -0.1) is 0 Å². The topological polar surface area (TPSA) is 9.23 Å². The number of benzene rings is 1. The van der Waals surface area contributed by atoms with Crippen LogP contribution in [0.25, 0.3) is 6.08 Å². The minimum Gasteiger partial charge on any atom is -0.489 e. The predicted molar refractivity (Wildman–Crippen MR) is 46.7 cm³/mol. The summed E-state index contributed by atoms with van der Waals surface area (Å²) in [6, 6.07) is 8.03. The molecule has 2 rings (SSSR count). The van der Waals surface area contributed by atoms with E-state index < -0.39 is 0 Å². The summed E-state index contributed by atoms with van der Waals surface area (Å²) < 4.78 is 5.34. The van der Waals surface area contributed by atoms with Gasteiger partial charge in [-0.3, -0.25) is 0 Å². The van der Waals surface area contributed by atoms with Gasteiger partial charge in [0.25, 0.3) is 0 Å². The standard InChI is InChI=1S/C9H8O.Cu.Si/c1-2-6-9-8(4-1)5-3-7-10-9;;/h1-6H,7H2;;. The molecule has 1 aromatic rings. The molecular weight excluding hydrogens is 216 g/mol. The summed E-state index contributed by atoms with van der Waals surface area (Å²) in [4.78, 5) is 0.